The SMILES string of the molecule is Nc1ccn([C@@H]2O[C@H](C(OC3CCCC3)OP(=O)(O)OP(=O)(O)O)[C@@H](O)[C@H]2O)c(=O)n1. The lowest BCUT2D eigenvalue weighted by Gasteiger charge is -2.29. The van der Waals surface area contributed by atoms with Crippen molar-refractivity contribution in [3.8, 4) is 0 Å². The van der Waals surface area contributed by atoms with Crippen LogP contribution in [0.3, 0.4) is 0 Å². The number of hydrogen-bond acceptors (Lipinski definition) is 11. The zero-order chi connectivity index (χ0) is 23.0. The quantitative estimate of drug-likeness (QED) is 0.190. The largest absolute Gasteiger partial charge is 0.483 e. The van der Waals surface area contributed by atoms with E-state index in [1.165, 1.54) is 6.07 Å². The van der Waals surface area contributed by atoms with Crippen LogP contribution < -0.4 is 11.4 Å². The predicted molar refractivity (Wildman–Crippen MR) is 100 cm³/mol. The smallest absolute Gasteiger partial charge is 0.387 e. The van der Waals surface area contributed by atoms with E-state index in [1.54, 1.807) is 0 Å². The Hall–Kier alpha value is -1.22. The highest BCUT2D eigenvalue weighted by Gasteiger charge is 2.51. The molecular weight excluding hydrogens is 464 g/mol. The third kappa shape index (κ3) is 6.18. The number of nitrogen functional groups attached to an aromatic ring is 1. The first-order chi connectivity index (χ1) is 14.4. The lowest BCUT2D eigenvalue weighted by atomic mass is 10.1. The van der Waals surface area contributed by atoms with E-state index in [9.17, 15) is 29.0 Å². The molecule has 2 unspecified atom stereocenters. The Labute approximate surface area is 175 Å². The molecule has 1 saturated carbocycles. The molecule has 6 atom stereocenters. The number of ether oxygens (including phenoxy) is 2. The summed E-state index contributed by atoms with van der Waals surface area (Å²) < 4.78 is 43.5. The summed E-state index contributed by atoms with van der Waals surface area (Å²) in [7, 11) is -10.8. The van der Waals surface area contributed by atoms with E-state index in [1.807, 2.05) is 0 Å². The number of aromatic nitrogens is 2. The van der Waals surface area contributed by atoms with Gasteiger partial charge in [-0.1, -0.05) is 12.8 Å². The van der Waals surface area contributed by atoms with Crippen molar-refractivity contribution in [3.63, 3.8) is 0 Å². The Morgan fingerprint density at radius 2 is 1.84 bits per heavy atom. The molecule has 0 bridgehead atoms. The van der Waals surface area contributed by atoms with Gasteiger partial charge < -0.3 is 40.1 Å². The molecule has 1 aromatic heterocycles. The molecule has 2 heterocycles. The minimum absolute atomic E-state index is 0.0904. The molecule has 0 spiro atoms. The number of rotatable bonds is 8. The van der Waals surface area contributed by atoms with Gasteiger partial charge in [0, 0.05) is 6.20 Å². The minimum atomic E-state index is -5.42. The molecule has 0 amide bonds. The van der Waals surface area contributed by atoms with Crippen LogP contribution in [0, 0.1) is 0 Å². The highest BCUT2D eigenvalue weighted by molar-refractivity contribution is 7.60. The molecule has 0 aromatic carbocycles. The number of phosphoric acid groups is 2. The van der Waals surface area contributed by atoms with Gasteiger partial charge in [0.1, 0.15) is 24.1 Å². The van der Waals surface area contributed by atoms with Gasteiger partial charge in [-0.3, -0.25) is 9.09 Å². The Morgan fingerprint density at radius 1 is 1.19 bits per heavy atom. The normalized spacial score (nSPS) is 30.4. The zero-order valence-corrected chi connectivity index (χ0v) is 17.7. The van der Waals surface area contributed by atoms with Gasteiger partial charge in [0.05, 0.1) is 6.10 Å². The topological polar surface area (TPSA) is 233 Å². The molecule has 31 heavy (non-hydrogen) atoms. The van der Waals surface area contributed by atoms with E-state index in [0.717, 1.165) is 23.6 Å². The maximum absolute atomic E-state index is 12.1. The molecule has 17 heteroatoms. The molecule has 2 fully saturated rings. The van der Waals surface area contributed by atoms with E-state index in [0.29, 0.717) is 12.8 Å². The molecule has 0 radical (unpaired) electrons. The maximum atomic E-state index is 12.1. The van der Waals surface area contributed by atoms with Crippen LogP contribution in [-0.4, -0.2) is 65.2 Å². The van der Waals surface area contributed by atoms with Gasteiger partial charge in [-0.05, 0) is 18.9 Å². The van der Waals surface area contributed by atoms with Crippen LogP contribution in [0.4, 0.5) is 5.82 Å². The van der Waals surface area contributed by atoms with Gasteiger partial charge >= 0.3 is 21.3 Å². The number of anilines is 1. The van der Waals surface area contributed by atoms with Crippen molar-refractivity contribution in [1.82, 2.24) is 9.55 Å². The van der Waals surface area contributed by atoms with Crippen molar-refractivity contribution in [2.75, 3.05) is 5.73 Å². The third-order valence-electron chi connectivity index (χ3n) is 4.74. The second-order valence-electron chi connectivity index (χ2n) is 7.07. The van der Waals surface area contributed by atoms with Crippen LogP contribution in [0.5, 0.6) is 0 Å². The summed E-state index contributed by atoms with van der Waals surface area (Å²) in [6.07, 6.45) is -5.14. The maximum Gasteiger partial charge on any atom is 0.483 e. The number of aliphatic hydroxyl groups excluding tert-OH is 2. The Morgan fingerprint density at radius 3 is 2.42 bits per heavy atom. The van der Waals surface area contributed by atoms with Gasteiger partial charge in [0.2, 0.25) is 0 Å². The number of nitrogens with two attached hydrogens (primary N) is 1. The highest BCUT2D eigenvalue weighted by atomic mass is 31.3. The molecule has 7 N–H and O–H groups in total. The summed E-state index contributed by atoms with van der Waals surface area (Å²) in [6.45, 7) is 0. The first-order valence-electron chi connectivity index (χ1n) is 9.16. The standard InChI is InChI=1S/C14H23N3O12P2/c15-8-5-6-17(14(20)16-8)12-10(19)9(18)11(27-12)13(26-7-3-1-2-4-7)28-31(24,25)29-30(21,22)23/h5-7,9-13,18-19H,1-4H2,(H,24,25)(H2,15,16,20)(H2,21,22,23)/t9-,10+,11-,12+,13?/m0/s1. The molecule has 1 aromatic rings. The average molecular weight is 487 g/mol. The molecule has 176 valence electrons. The summed E-state index contributed by atoms with van der Waals surface area (Å²) in [6, 6.07) is 1.25. The van der Waals surface area contributed by atoms with Crippen LogP contribution in [0.1, 0.15) is 31.9 Å². The van der Waals surface area contributed by atoms with Crippen molar-refractivity contribution in [3.05, 3.63) is 22.7 Å². The van der Waals surface area contributed by atoms with Crippen LogP contribution in [0.15, 0.2) is 17.1 Å². The van der Waals surface area contributed by atoms with Crippen molar-refractivity contribution in [2.45, 2.75) is 62.6 Å². The number of hydrogen-bond donors (Lipinski definition) is 6. The van der Waals surface area contributed by atoms with Gasteiger partial charge in [-0.2, -0.15) is 9.29 Å². The van der Waals surface area contributed by atoms with Crippen molar-refractivity contribution in [2.24, 2.45) is 0 Å². The summed E-state index contributed by atoms with van der Waals surface area (Å²) >= 11 is 0. The van der Waals surface area contributed by atoms with E-state index < -0.39 is 58.3 Å². The number of phosphoric ester groups is 1. The fourth-order valence-electron chi connectivity index (χ4n) is 3.42. The highest BCUT2D eigenvalue weighted by Crippen LogP contribution is 2.59. The van der Waals surface area contributed by atoms with E-state index in [-0.39, 0.29) is 5.82 Å². The molecule has 1 aliphatic heterocycles. The molecule has 15 nitrogen and oxygen atoms in total. The van der Waals surface area contributed by atoms with E-state index in [4.69, 9.17) is 29.5 Å². The first-order valence-corrected chi connectivity index (χ1v) is 12.2. The van der Waals surface area contributed by atoms with Crippen molar-refractivity contribution in [1.29, 1.82) is 0 Å². The Balaban J connectivity index is 1.85. The molecule has 1 saturated heterocycles. The van der Waals surface area contributed by atoms with Gasteiger partial charge in [-0.25, -0.2) is 13.9 Å². The summed E-state index contributed by atoms with van der Waals surface area (Å²) in [5.74, 6) is -0.0904. The number of aliphatic hydroxyl groups is 2. The third-order valence-corrected chi connectivity index (χ3v) is 6.90. The summed E-state index contributed by atoms with van der Waals surface area (Å²) in [5, 5.41) is 20.8. The fourth-order valence-corrected chi connectivity index (χ4v) is 5.08. The van der Waals surface area contributed by atoms with Crippen LogP contribution >= 0.6 is 15.6 Å². The Bertz CT molecular complexity index is 931. The van der Waals surface area contributed by atoms with Crippen LogP contribution in [0.2, 0.25) is 0 Å². The van der Waals surface area contributed by atoms with E-state index >= 15 is 0 Å². The van der Waals surface area contributed by atoms with Crippen LogP contribution in [-0.2, 0) is 27.4 Å². The minimum Gasteiger partial charge on any atom is -0.387 e. The van der Waals surface area contributed by atoms with Gasteiger partial charge in [0.25, 0.3) is 0 Å². The lowest BCUT2D eigenvalue weighted by molar-refractivity contribution is -0.206. The van der Waals surface area contributed by atoms with Crippen LogP contribution in [0.25, 0.3) is 0 Å². The lowest BCUT2D eigenvalue weighted by Crippen LogP contribution is -2.42. The number of nitrogens with zero attached hydrogens (tertiary/aromatic N) is 2. The fraction of sp³-hybridized carbons (Fsp3) is 0.714. The van der Waals surface area contributed by atoms with E-state index in [2.05, 4.69) is 9.29 Å². The second kappa shape index (κ2) is 9.33. The Kier molecular flexibility index (Phi) is 7.35. The molecular formula is C14H23N3O12P2. The second-order valence-corrected chi connectivity index (χ2v) is 9.85. The monoisotopic (exact) mass is 487 g/mol. The van der Waals surface area contributed by atoms with Gasteiger partial charge in [-0.15, -0.1) is 0 Å². The first kappa shape index (κ1) is 24.4. The molecule has 3 rings (SSSR count). The van der Waals surface area contributed by atoms with Crippen molar-refractivity contribution < 1.29 is 52.3 Å². The average Bonchev–Trinajstić information content (AvgIpc) is 3.22. The molecule has 1 aliphatic carbocycles. The predicted octanol–water partition coefficient (Wildman–Crippen LogP) is -1.04. The summed E-state index contributed by atoms with van der Waals surface area (Å²) in [4.78, 5) is 42.9. The zero-order valence-electron chi connectivity index (χ0n) is 15.9. The molecule has 2 aliphatic rings. The summed E-state index contributed by atoms with van der Waals surface area (Å²) in [5.41, 5.74) is 4.52. The van der Waals surface area contributed by atoms with Crippen molar-refractivity contribution >= 4 is 21.5 Å². The van der Waals surface area contributed by atoms with Gasteiger partial charge in [0.15, 0.2) is 12.5 Å².